The lowest BCUT2D eigenvalue weighted by atomic mass is 10.5. The predicted molar refractivity (Wildman–Crippen MR) is 66.0 cm³/mol. The molecule has 112 valence electrons. The van der Waals surface area contributed by atoms with Crippen LogP contribution in [0.3, 0.4) is 0 Å². The van der Waals surface area contributed by atoms with Crippen molar-refractivity contribution in [1.82, 2.24) is 15.2 Å². The molecule has 10 heteroatoms. The van der Waals surface area contributed by atoms with Gasteiger partial charge in [-0.05, 0) is 0 Å². The van der Waals surface area contributed by atoms with E-state index in [1.165, 1.54) is 5.38 Å². The quantitative estimate of drug-likeness (QED) is 0.685. The average Bonchev–Trinajstić information content (AvgIpc) is 2.84. The molecule has 0 bridgehead atoms. The fourth-order valence-electron chi connectivity index (χ4n) is 1.32. The smallest absolute Gasteiger partial charge is 0.355 e. The van der Waals surface area contributed by atoms with Crippen molar-refractivity contribution >= 4 is 23.3 Å². The molecule has 0 saturated carbocycles. The second-order valence-electron chi connectivity index (χ2n) is 3.65. The Labute approximate surface area is 116 Å². The van der Waals surface area contributed by atoms with Gasteiger partial charge in [0.05, 0.1) is 19.7 Å². The fraction of sp³-hybridized carbons (Fsp3) is 0.500. The number of carbonyl (C=O) groups is 2. The van der Waals surface area contributed by atoms with E-state index in [0.717, 1.165) is 16.2 Å². The SMILES string of the molecule is O=C(O)c1csc(CNC(=O)N(CCO)CC(F)F)n1. The van der Waals surface area contributed by atoms with Crippen LogP contribution in [0.25, 0.3) is 0 Å². The molecule has 1 rings (SSSR count). The lowest BCUT2D eigenvalue weighted by Gasteiger charge is -2.21. The first-order chi connectivity index (χ1) is 9.43. The number of hydrogen-bond acceptors (Lipinski definition) is 5. The maximum absolute atomic E-state index is 12.2. The number of nitrogens with one attached hydrogen (secondary N) is 1. The highest BCUT2D eigenvalue weighted by molar-refractivity contribution is 7.09. The van der Waals surface area contributed by atoms with Crippen LogP contribution in [0, 0.1) is 0 Å². The zero-order chi connectivity index (χ0) is 15.1. The monoisotopic (exact) mass is 309 g/mol. The number of alkyl halides is 2. The third-order valence-electron chi connectivity index (χ3n) is 2.18. The van der Waals surface area contributed by atoms with Crippen molar-refractivity contribution in [1.29, 1.82) is 0 Å². The van der Waals surface area contributed by atoms with Gasteiger partial charge >= 0.3 is 12.0 Å². The number of aromatic nitrogens is 1. The standard InChI is InChI=1S/C10H13F2N3O4S/c11-7(12)4-15(1-2-16)10(19)13-3-8-14-6(5-20-8)9(17)18/h5,7,16H,1-4H2,(H,13,19)(H,17,18). The van der Waals surface area contributed by atoms with E-state index in [2.05, 4.69) is 10.3 Å². The van der Waals surface area contributed by atoms with Crippen LogP contribution in [0.1, 0.15) is 15.5 Å². The minimum atomic E-state index is -2.70. The minimum Gasteiger partial charge on any atom is -0.476 e. The second-order valence-corrected chi connectivity index (χ2v) is 4.59. The van der Waals surface area contributed by atoms with Crippen molar-refractivity contribution in [2.24, 2.45) is 0 Å². The third-order valence-corrected chi connectivity index (χ3v) is 3.03. The van der Waals surface area contributed by atoms with Crippen molar-refractivity contribution < 1.29 is 28.6 Å². The lowest BCUT2D eigenvalue weighted by molar-refractivity contribution is 0.0691. The van der Waals surface area contributed by atoms with Gasteiger partial charge in [0.1, 0.15) is 5.01 Å². The van der Waals surface area contributed by atoms with Crippen LogP contribution in [0.2, 0.25) is 0 Å². The predicted octanol–water partition coefficient (Wildman–Crippen LogP) is 0.610. The molecule has 0 fully saturated rings. The Morgan fingerprint density at radius 2 is 2.20 bits per heavy atom. The Morgan fingerprint density at radius 3 is 2.70 bits per heavy atom. The molecule has 1 heterocycles. The summed E-state index contributed by atoms with van der Waals surface area (Å²) in [5.74, 6) is -1.18. The highest BCUT2D eigenvalue weighted by Crippen LogP contribution is 2.09. The topological polar surface area (TPSA) is 103 Å². The number of carboxylic acid groups (broad SMARTS) is 1. The molecule has 0 atom stereocenters. The van der Waals surface area contributed by atoms with Crippen molar-refractivity contribution in [3.05, 3.63) is 16.1 Å². The minimum absolute atomic E-state index is 0.0675. The molecule has 2 amide bonds. The number of aromatic carboxylic acids is 1. The highest BCUT2D eigenvalue weighted by Gasteiger charge is 2.18. The molecule has 1 aromatic heterocycles. The van der Waals surface area contributed by atoms with Crippen LogP contribution in [0.5, 0.6) is 0 Å². The van der Waals surface area contributed by atoms with Crippen LogP contribution in [0.15, 0.2) is 5.38 Å². The van der Waals surface area contributed by atoms with Crippen molar-refractivity contribution in [2.45, 2.75) is 13.0 Å². The number of rotatable bonds is 7. The van der Waals surface area contributed by atoms with Gasteiger partial charge < -0.3 is 20.4 Å². The molecule has 0 aliphatic heterocycles. The zero-order valence-electron chi connectivity index (χ0n) is 10.3. The van der Waals surface area contributed by atoms with Crippen molar-refractivity contribution in [3.63, 3.8) is 0 Å². The number of amides is 2. The molecule has 20 heavy (non-hydrogen) atoms. The van der Waals surface area contributed by atoms with E-state index < -0.39 is 31.6 Å². The second kappa shape index (κ2) is 7.70. The Morgan fingerprint density at radius 1 is 1.50 bits per heavy atom. The number of halogens is 2. The zero-order valence-corrected chi connectivity index (χ0v) is 11.1. The molecular weight excluding hydrogens is 296 g/mol. The summed E-state index contributed by atoms with van der Waals surface area (Å²) in [5.41, 5.74) is -0.140. The summed E-state index contributed by atoms with van der Waals surface area (Å²) in [4.78, 5) is 26.7. The van der Waals surface area contributed by atoms with E-state index in [-0.39, 0.29) is 18.8 Å². The molecule has 7 nitrogen and oxygen atoms in total. The first-order valence-corrected chi connectivity index (χ1v) is 6.41. The molecule has 0 aromatic carbocycles. The molecule has 3 N–H and O–H groups in total. The van der Waals surface area contributed by atoms with Crippen LogP contribution in [0.4, 0.5) is 13.6 Å². The molecular formula is C10H13F2N3O4S. The molecule has 0 aliphatic carbocycles. The van der Waals surface area contributed by atoms with Crippen LogP contribution in [-0.4, -0.2) is 58.2 Å². The van der Waals surface area contributed by atoms with Gasteiger partial charge in [0, 0.05) is 11.9 Å². The van der Waals surface area contributed by atoms with Gasteiger partial charge in [-0.15, -0.1) is 11.3 Å². The Bertz CT molecular complexity index is 469. The fourth-order valence-corrected chi connectivity index (χ4v) is 2.02. The largest absolute Gasteiger partial charge is 0.476 e. The number of nitrogens with zero attached hydrogens (tertiary/aromatic N) is 2. The van der Waals surface area contributed by atoms with Crippen molar-refractivity contribution in [2.75, 3.05) is 19.7 Å². The van der Waals surface area contributed by atoms with Gasteiger partial charge in [-0.3, -0.25) is 0 Å². The van der Waals surface area contributed by atoms with Crippen LogP contribution < -0.4 is 5.32 Å². The summed E-state index contributed by atoms with van der Waals surface area (Å²) in [6.45, 7) is -1.50. The summed E-state index contributed by atoms with van der Waals surface area (Å²) in [6.07, 6.45) is -2.70. The van der Waals surface area contributed by atoms with Crippen molar-refractivity contribution in [3.8, 4) is 0 Å². The van der Waals surface area contributed by atoms with E-state index in [1.807, 2.05) is 0 Å². The van der Waals surface area contributed by atoms with Crippen LogP contribution in [-0.2, 0) is 6.54 Å². The summed E-state index contributed by atoms with van der Waals surface area (Å²) < 4.78 is 24.5. The van der Waals surface area contributed by atoms with Crippen LogP contribution >= 0.6 is 11.3 Å². The Hall–Kier alpha value is -1.81. The van der Waals surface area contributed by atoms with Gasteiger partial charge in [0.25, 0.3) is 6.43 Å². The first-order valence-electron chi connectivity index (χ1n) is 5.53. The molecule has 0 unspecified atom stereocenters. The van der Waals surface area contributed by atoms with Gasteiger partial charge in [-0.25, -0.2) is 23.4 Å². The normalized spacial score (nSPS) is 10.6. The number of hydrogen-bond donors (Lipinski definition) is 3. The van der Waals surface area contributed by atoms with E-state index in [9.17, 15) is 18.4 Å². The Kier molecular flexibility index (Phi) is 6.25. The van der Waals surface area contributed by atoms with E-state index in [4.69, 9.17) is 10.2 Å². The molecule has 1 aromatic rings. The molecule has 0 spiro atoms. The first kappa shape index (κ1) is 16.2. The number of carboxylic acids is 1. The summed E-state index contributed by atoms with van der Waals surface area (Å²) in [6, 6.07) is -0.772. The number of aliphatic hydroxyl groups is 1. The maximum Gasteiger partial charge on any atom is 0.355 e. The maximum atomic E-state index is 12.2. The number of urea groups is 1. The summed E-state index contributed by atoms with van der Waals surface area (Å²) in [5, 5.41) is 21.4. The van der Waals surface area contributed by atoms with E-state index in [0.29, 0.717) is 5.01 Å². The molecule has 0 aliphatic rings. The van der Waals surface area contributed by atoms with Gasteiger partial charge in [-0.2, -0.15) is 0 Å². The van der Waals surface area contributed by atoms with Gasteiger partial charge in [0.2, 0.25) is 0 Å². The third kappa shape index (κ3) is 5.05. The lowest BCUT2D eigenvalue weighted by Crippen LogP contribution is -2.43. The Balaban J connectivity index is 2.52. The van der Waals surface area contributed by atoms with Gasteiger partial charge in [0.15, 0.2) is 5.69 Å². The summed E-state index contributed by atoms with van der Waals surface area (Å²) >= 11 is 1.04. The van der Waals surface area contributed by atoms with E-state index >= 15 is 0 Å². The van der Waals surface area contributed by atoms with Gasteiger partial charge in [-0.1, -0.05) is 0 Å². The number of carbonyl (C=O) groups excluding carboxylic acids is 1. The number of aliphatic hydroxyl groups excluding tert-OH is 1. The summed E-state index contributed by atoms with van der Waals surface area (Å²) in [7, 11) is 0. The molecule has 0 saturated heterocycles. The molecule has 0 radical (unpaired) electrons. The highest BCUT2D eigenvalue weighted by atomic mass is 32.1. The average molecular weight is 309 g/mol. The number of thiazole rings is 1. The van der Waals surface area contributed by atoms with E-state index in [1.54, 1.807) is 0 Å².